The number of benzene rings is 2. The summed E-state index contributed by atoms with van der Waals surface area (Å²) in [6.45, 7) is 7.81. The van der Waals surface area contributed by atoms with E-state index in [-0.39, 0.29) is 17.6 Å². The van der Waals surface area contributed by atoms with Crippen LogP contribution in [0.4, 0.5) is 0 Å². The van der Waals surface area contributed by atoms with E-state index in [9.17, 15) is 4.79 Å². The van der Waals surface area contributed by atoms with Crippen molar-refractivity contribution in [3.63, 3.8) is 0 Å². The lowest BCUT2D eigenvalue weighted by atomic mass is 9.89. The number of ether oxygens (including phenoxy) is 2. The summed E-state index contributed by atoms with van der Waals surface area (Å²) in [5, 5.41) is 3.20. The van der Waals surface area contributed by atoms with Crippen molar-refractivity contribution in [3.8, 4) is 11.5 Å². The van der Waals surface area contributed by atoms with E-state index in [4.69, 9.17) is 9.47 Å². The van der Waals surface area contributed by atoms with Crippen molar-refractivity contribution < 1.29 is 14.3 Å². The first-order valence-corrected chi connectivity index (χ1v) is 9.92. The van der Waals surface area contributed by atoms with Crippen LogP contribution in [0.3, 0.4) is 0 Å². The second-order valence-corrected chi connectivity index (χ2v) is 8.15. The highest BCUT2D eigenvalue weighted by Crippen LogP contribution is 2.41. The molecule has 2 aromatic rings. The number of hydrogen-bond acceptors (Lipinski definition) is 4. The molecule has 0 aromatic heterocycles. The predicted octanol–water partition coefficient (Wildman–Crippen LogP) is 5.01. The number of hydrogen-bond donors (Lipinski definition) is 1. The molecule has 0 saturated heterocycles. The van der Waals surface area contributed by atoms with Crippen LogP contribution < -0.4 is 14.8 Å². The van der Waals surface area contributed by atoms with Gasteiger partial charge < -0.3 is 14.8 Å². The average Bonchev–Trinajstić information content (AvgIpc) is 2.65. The van der Waals surface area contributed by atoms with Crippen LogP contribution in [0.25, 0.3) is 0 Å². The summed E-state index contributed by atoms with van der Waals surface area (Å²) in [6.07, 6.45) is 2.53. The van der Waals surface area contributed by atoms with Crippen molar-refractivity contribution in [2.24, 2.45) is 0 Å². The van der Waals surface area contributed by atoms with E-state index >= 15 is 0 Å². The van der Waals surface area contributed by atoms with Gasteiger partial charge in [-0.15, -0.1) is 18.3 Å². The molecule has 1 heterocycles. The van der Waals surface area contributed by atoms with Crippen LogP contribution in [0.5, 0.6) is 11.5 Å². The van der Waals surface area contributed by atoms with Gasteiger partial charge in [0.25, 0.3) is 5.91 Å². The van der Waals surface area contributed by atoms with Gasteiger partial charge in [0.1, 0.15) is 17.1 Å². The first-order valence-electron chi connectivity index (χ1n) is 8.94. The number of rotatable bonds is 6. The van der Waals surface area contributed by atoms with Crippen LogP contribution >= 0.6 is 11.8 Å². The highest BCUT2D eigenvalue weighted by molar-refractivity contribution is 7.99. The molecule has 3 rings (SSSR count). The Bertz CT molecular complexity index is 847. The summed E-state index contributed by atoms with van der Waals surface area (Å²) in [5.74, 6) is 2.18. The van der Waals surface area contributed by atoms with E-state index in [1.54, 1.807) is 18.9 Å². The summed E-state index contributed by atoms with van der Waals surface area (Å²) in [5.41, 5.74) is 1.28. The molecule has 1 aliphatic heterocycles. The SMILES string of the molecule is C=CCSc1ccccc1C(=O)NC1CC(C)(C)Oc2cc(OC)ccc21. The Morgan fingerprint density at radius 2 is 2.15 bits per heavy atom. The first kappa shape index (κ1) is 19.4. The van der Waals surface area contributed by atoms with Gasteiger partial charge in [-0.1, -0.05) is 18.2 Å². The lowest BCUT2D eigenvalue weighted by Gasteiger charge is -2.38. The zero-order chi connectivity index (χ0) is 19.4. The Hall–Kier alpha value is -2.40. The zero-order valence-corrected chi connectivity index (χ0v) is 16.8. The van der Waals surface area contributed by atoms with Gasteiger partial charge in [-0.3, -0.25) is 4.79 Å². The van der Waals surface area contributed by atoms with Crippen molar-refractivity contribution in [2.75, 3.05) is 12.9 Å². The molecule has 5 heteroatoms. The van der Waals surface area contributed by atoms with Crippen molar-refractivity contribution in [1.82, 2.24) is 5.32 Å². The summed E-state index contributed by atoms with van der Waals surface area (Å²) >= 11 is 1.61. The normalized spacial score (nSPS) is 17.4. The minimum Gasteiger partial charge on any atom is -0.497 e. The van der Waals surface area contributed by atoms with Crippen LogP contribution in [0.2, 0.25) is 0 Å². The van der Waals surface area contributed by atoms with Crippen molar-refractivity contribution >= 4 is 17.7 Å². The Morgan fingerprint density at radius 1 is 1.37 bits per heavy atom. The van der Waals surface area contributed by atoms with E-state index in [1.807, 2.05) is 62.4 Å². The van der Waals surface area contributed by atoms with Crippen LogP contribution in [0, 0.1) is 0 Å². The van der Waals surface area contributed by atoms with Gasteiger partial charge in [0.15, 0.2) is 0 Å². The number of amides is 1. The van der Waals surface area contributed by atoms with Gasteiger partial charge in [0.2, 0.25) is 0 Å². The Kier molecular flexibility index (Phi) is 5.80. The molecule has 0 radical (unpaired) electrons. The van der Waals surface area contributed by atoms with Gasteiger partial charge in [0, 0.05) is 28.7 Å². The third-order valence-corrected chi connectivity index (χ3v) is 5.54. The molecular weight excluding hydrogens is 358 g/mol. The highest BCUT2D eigenvalue weighted by atomic mass is 32.2. The highest BCUT2D eigenvalue weighted by Gasteiger charge is 2.35. The number of methoxy groups -OCH3 is 1. The molecule has 0 fully saturated rings. The van der Waals surface area contributed by atoms with Gasteiger partial charge in [0.05, 0.1) is 18.7 Å². The minimum absolute atomic E-state index is 0.0772. The molecule has 1 unspecified atom stereocenters. The summed E-state index contributed by atoms with van der Waals surface area (Å²) in [6, 6.07) is 13.3. The monoisotopic (exact) mass is 383 g/mol. The fourth-order valence-electron chi connectivity index (χ4n) is 3.25. The number of fused-ring (bicyclic) bond motifs is 1. The fraction of sp³-hybridized carbons (Fsp3) is 0.318. The lowest BCUT2D eigenvalue weighted by molar-refractivity contribution is 0.0616. The zero-order valence-electron chi connectivity index (χ0n) is 16.0. The van der Waals surface area contributed by atoms with Crippen molar-refractivity contribution in [3.05, 3.63) is 66.2 Å². The quantitative estimate of drug-likeness (QED) is 0.563. The second kappa shape index (κ2) is 8.09. The van der Waals surface area contributed by atoms with Crippen LogP contribution in [-0.2, 0) is 0 Å². The van der Waals surface area contributed by atoms with Gasteiger partial charge >= 0.3 is 0 Å². The minimum atomic E-state index is -0.381. The predicted molar refractivity (Wildman–Crippen MR) is 110 cm³/mol. The molecule has 0 saturated carbocycles. The molecule has 1 atom stereocenters. The number of carbonyl (C=O) groups is 1. The standard InChI is InChI=1S/C22H25NO3S/c1-5-12-27-20-9-7-6-8-17(20)21(24)23-18-14-22(2,3)26-19-13-15(25-4)10-11-16(18)19/h5-11,13,18H,1,12,14H2,2-4H3,(H,23,24). The number of thioether (sulfide) groups is 1. The smallest absolute Gasteiger partial charge is 0.252 e. The number of carbonyl (C=O) groups excluding carboxylic acids is 1. The van der Waals surface area contributed by atoms with E-state index in [0.29, 0.717) is 12.0 Å². The largest absolute Gasteiger partial charge is 0.497 e. The van der Waals surface area contributed by atoms with E-state index < -0.39 is 0 Å². The maximum Gasteiger partial charge on any atom is 0.252 e. The topological polar surface area (TPSA) is 47.6 Å². The molecule has 0 spiro atoms. The molecule has 4 nitrogen and oxygen atoms in total. The summed E-state index contributed by atoms with van der Waals surface area (Å²) in [7, 11) is 1.63. The van der Waals surface area contributed by atoms with E-state index in [1.165, 1.54) is 0 Å². The van der Waals surface area contributed by atoms with Gasteiger partial charge in [-0.05, 0) is 38.1 Å². The molecular formula is C22H25NO3S. The van der Waals surface area contributed by atoms with Crippen molar-refractivity contribution in [2.45, 2.75) is 36.8 Å². The van der Waals surface area contributed by atoms with Crippen LogP contribution in [0.1, 0.15) is 42.2 Å². The van der Waals surface area contributed by atoms with E-state index in [2.05, 4.69) is 11.9 Å². The third-order valence-electron chi connectivity index (χ3n) is 4.47. The van der Waals surface area contributed by atoms with Crippen LogP contribution in [0.15, 0.2) is 60.0 Å². The molecule has 1 amide bonds. The third kappa shape index (κ3) is 4.48. The first-order chi connectivity index (χ1) is 12.9. The molecule has 1 aliphatic rings. The average molecular weight is 384 g/mol. The molecule has 2 aromatic carbocycles. The molecule has 27 heavy (non-hydrogen) atoms. The maximum absolute atomic E-state index is 13.0. The maximum atomic E-state index is 13.0. The Morgan fingerprint density at radius 3 is 2.89 bits per heavy atom. The Balaban J connectivity index is 1.87. The van der Waals surface area contributed by atoms with E-state index in [0.717, 1.165) is 27.7 Å². The summed E-state index contributed by atoms with van der Waals surface area (Å²) in [4.78, 5) is 14.0. The van der Waals surface area contributed by atoms with Gasteiger partial charge in [-0.25, -0.2) is 0 Å². The summed E-state index contributed by atoms with van der Waals surface area (Å²) < 4.78 is 11.4. The lowest BCUT2D eigenvalue weighted by Crippen LogP contribution is -2.41. The molecule has 1 N–H and O–H groups in total. The van der Waals surface area contributed by atoms with Crippen molar-refractivity contribution in [1.29, 1.82) is 0 Å². The molecule has 0 bridgehead atoms. The number of nitrogens with one attached hydrogen (secondary N) is 1. The second-order valence-electron chi connectivity index (χ2n) is 7.09. The Labute approximate surface area is 165 Å². The molecule has 0 aliphatic carbocycles. The molecule has 142 valence electrons. The van der Waals surface area contributed by atoms with Gasteiger partial charge in [-0.2, -0.15) is 0 Å². The fourth-order valence-corrected chi connectivity index (χ4v) is 4.04. The van der Waals surface area contributed by atoms with Crippen LogP contribution in [-0.4, -0.2) is 24.4 Å².